The van der Waals surface area contributed by atoms with Crippen LogP contribution in [-0.2, 0) is 0 Å². The van der Waals surface area contributed by atoms with Gasteiger partial charge in [0.15, 0.2) is 0 Å². The van der Waals surface area contributed by atoms with Gasteiger partial charge in [0.25, 0.3) is 0 Å². The van der Waals surface area contributed by atoms with Crippen molar-refractivity contribution in [3.05, 3.63) is 0 Å². The van der Waals surface area contributed by atoms with Crippen LogP contribution in [-0.4, -0.2) is 18.1 Å². The summed E-state index contributed by atoms with van der Waals surface area (Å²) < 4.78 is 0. The van der Waals surface area contributed by atoms with Crippen LogP contribution in [0.4, 0.5) is 0 Å². The first-order valence-electron chi connectivity index (χ1n) is 3.61. The fourth-order valence-electron chi connectivity index (χ4n) is 1.23. The van der Waals surface area contributed by atoms with Crippen molar-refractivity contribution in [3.63, 3.8) is 0 Å². The van der Waals surface area contributed by atoms with Crippen LogP contribution in [0.1, 0.15) is 19.8 Å². The smallest absolute Gasteiger partial charge is 0.000147 e. The van der Waals surface area contributed by atoms with Crippen LogP contribution >= 0.6 is 11.8 Å². The standard InChI is InChI=1S/C7H15NS/c1-2-7(5-8)3-4-9-6-7/h2-6,8H2,1H3. The van der Waals surface area contributed by atoms with Gasteiger partial charge in [-0.2, -0.15) is 11.8 Å². The van der Waals surface area contributed by atoms with Crippen LogP contribution in [0.5, 0.6) is 0 Å². The molecular weight excluding hydrogens is 130 g/mol. The molecule has 0 radical (unpaired) electrons. The predicted octanol–water partition coefficient (Wildman–Crippen LogP) is 1.48. The molecular formula is C7H15NS. The molecule has 1 nitrogen and oxygen atoms in total. The highest BCUT2D eigenvalue weighted by atomic mass is 32.2. The van der Waals surface area contributed by atoms with E-state index in [-0.39, 0.29) is 0 Å². The van der Waals surface area contributed by atoms with Crippen molar-refractivity contribution in [2.45, 2.75) is 19.8 Å². The maximum atomic E-state index is 5.67. The van der Waals surface area contributed by atoms with E-state index in [1.807, 2.05) is 0 Å². The molecule has 2 N–H and O–H groups in total. The molecule has 1 rings (SSSR count). The van der Waals surface area contributed by atoms with E-state index < -0.39 is 0 Å². The van der Waals surface area contributed by atoms with E-state index in [4.69, 9.17) is 5.73 Å². The third kappa shape index (κ3) is 1.41. The van der Waals surface area contributed by atoms with Crippen molar-refractivity contribution in [2.75, 3.05) is 18.1 Å². The van der Waals surface area contributed by atoms with E-state index in [1.165, 1.54) is 24.3 Å². The second kappa shape index (κ2) is 2.93. The number of thioether (sulfide) groups is 1. The molecule has 0 amide bonds. The molecule has 0 aromatic rings. The van der Waals surface area contributed by atoms with Gasteiger partial charge in [0.2, 0.25) is 0 Å². The average Bonchev–Trinajstić information content (AvgIpc) is 2.36. The quantitative estimate of drug-likeness (QED) is 0.637. The van der Waals surface area contributed by atoms with E-state index in [0.29, 0.717) is 5.41 Å². The Hall–Kier alpha value is 0.310. The van der Waals surface area contributed by atoms with E-state index in [2.05, 4.69) is 18.7 Å². The molecule has 0 spiro atoms. The van der Waals surface area contributed by atoms with Gasteiger partial charge in [0.1, 0.15) is 0 Å². The summed E-state index contributed by atoms with van der Waals surface area (Å²) in [6.07, 6.45) is 2.60. The van der Waals surface area contributed by atoms with E-state index in [0.717, 1.165) is 6.54 Å². The number of hydrogen-bond acceptors (Lipinski definition) is 2. The Labute approximate surface area is 61.4 Å². The zero-order chi connectivity index (χ0) is 6.74. The Morgan fingerprint density at radius 2 is 2.44 bits per heavy atom. The number of hydrogen-bond donors (Lipinski definition) is 1. The predicted molar refractivity (Wildman–Crippen MR) is 43.7 cm³/mol. The fraction of sp³-hybridized carbons (Fsp3) is 1.00. The first-order chi connectivity index (χ1) is 4.33. The van der Waals surface area contributed by atoms with Gasteiger partial charge in [-0.25, -0.2) is 0 Å². The molecule has 1 saturated heterocycles. The molecule has 9 heavy (non-hydrogen) atoms. The summed E-state index contributed by atoms with van der Waals surface area (Å²) in [7, 11) is 0. The first kappa shape index (κ1) is 7.42. The van der Waals surface area contributed by atoms with Crippen molar-refractivity contribution in [1.29, 1.82) is 0 Å². The largest absolute Gasteiger partial charge is 0.330 e. The summed E-state index contributed by atoms with van der Waals surface area (Å²) in [4.78, 5) is 0. The molecule has 0 saturated carbocycles. The van der Waals surface area contributed by atoms with E-state index in [9.17, 15) is 0 Å². The summed E-state index contributed by atoms with van der Waals surface area (Å²) in [5.74, 6) is 2.62. The topological polar surface area (TPSA) is 26.0 Å². The van der Waals surface area contributed by atoms with Crippen LogP contribution < -0.4 is 5.73 Å². The Kier molecular flexibility index (Phi) is 2.42. The molecule has 1 aliphatic rings. The lowest BCUT2D eigenvalue weighted by Gasteiger charge is -2.23. The van der Waals surface area contributed by atoms with Crippen LogP contribution in [0.25, 0.3) is 0 Å². The van der Waals surface area contributed by atoms with Crippen molar-refractivity contribution in [1.82, 2.24) is 0 Å². The monoisotopic (exact) mass is 145 g/mol. The Bertz CT molecular complexity index is 80.9. The average molecular weight is 145 g/mol. The molecule has 0 bridgehead atoms. The Balaban J connectivity index is 2.45. The zero-order valence-corrected chi connectivity index (χ0v) is 6.84. The van der Waals surface area contributed by atoms with Gasteiger partial charge in [-0.05, 0) is 30.6 Å². The summed E-state index contributed by atoms with van der Waals surface area (Å²) in [5.41, 5.74) is 6.18. The third-order valence-electron chi connectivity index (χ3n) is 2.37. The van der Waals surface area contributed by atoms with Crippen molar-refractivity contribution in [3.8, 4) is 0 Å². The van der Waals surface area contributed by atoms with Gasteiger partial charge in [-0.15, -0.1) is 0 Å². The summed E-state index contributed by atoms with van der Waals surface area (Å²) >= 11 is 2.05. The molecule has 1 atom stereocenters. The molecule has 54 valence electrons. The zero-order valence-electron chi connectivity index (χ0n) is 6.02. The minimum absolute atomic E-state index is 0.519. The molecule has 0 aromatic carbocycles. The Morgan fingerprint density at radius 3 is 2.67 bits per heavy atom. The molecule has 0 aliphatic carbocycles. The highest BCUT2D eigenvalue weighted by molar-refractivity contribution is 7.99. The van der Waals surface area contributed by atoms with Crippen molar-refractivity contribution >= 4 is 11.8 Å². The molecule has 1 fully saturated rings. The van der Waals surface area contributed by atoms with E-state index in [1.54, 1.807) is 0 Å². The van der Waals surface area contributed by atoms with Gasteiger partial charge in [-0.1, -0.05) is 6.92 Å². The van der Waals surface area contributed by atoms with Crippen molar-refractivity contribution in [2.24, 2.45) is 11.1 Å². The van der Waals surface area contributed by atoms with Crippen LogP contribution in [0.15, 0.2) is 0 Å². The summed E-state index contributed by atoms with van der Waals surface area (Å²) in [6.45, 7) is 3.13. The summed E-state index contributed by atoms with van der Waals surface area (Å²) in [5, 5.41) is 0. The highest BCUT2D eigenvalue weighted by Gasteiger charge is 2.30. The lowest BCUT2D eigenvalue weighted by atomic mass is 9.85. The lowest BCUT2D eigenvalue weighted by molar-refractivity contribution is 0.335. The molecule has 2 heteroatoms. The molecule has 1 aliphatic heterocycles. The van der Waals surface area contributed by atoms with Gasteiger partial charge in [-0.3, -0.25) is 0 Å². The minimum atomic E-state index is 0.519. The van der Waals surface area contributed by atoms with Crippen molar-refractivity contribution < 1.29 is 0 Å². The second-order valence-electron chi connectivity index (χ2n) is 2.86. The maximum Gasteiger partial charge on any atom is 0.000147 e. The normalized spacial score (nSPS) is 35.3. The number of rotatable bonds is 2. The van der Waals surface area contributed by atoms with Gasteiger partial charge < -0.3 is 5.73 Å². The highest BCUT2D eigenvalue weighted by Crippen LogP contribution is 2.37. The molecule has 1 unspecified atom stereocenters. The van der Waals surface area contributed by atoms with Gasteiger partial charge in [0.05, 0.1) is 0 Å². The molecule has 1 heterocycles. The van der Waals surface area contributed by atoms with Crippen LogP contribution in [0, 0.1) is 5.41 Å². The third-order valence-corrected chi connectivity index (χ3v) is 3.68. The first-order valence-corrected chi connectivity index (χ1v) is 4.76. The second-order valence-corrected chi connectivity index (χ2v) is 3.97. The summed E-state index contributed by atoms with van der Waals surface area (Å²) in [6, 6.07) is 0. The fourth-order valence-corrected chi connectivity index (χ4v) is 2.85. The maximum absolute atomic E-state index is 5.67. The van der Waals surface area contributed by atoms with Gasteiger partial charge >= 0.3 is 0 Å². The SMILES string of the molecule is CCC1(CN)CCSC1. The Morgan fingerprint density at radius 1 is 1.67 bits per heavy atom. The van der Waals surface area contributed by atoms with Crippen LogP contribution in [0.2, 0.25) is 0 Å². The van der Waals surface area contributed by atoms with Gasteiger partial charge in [0, 0.05) is 5.75 Å². The minimum Gasteiger partial charge on any atom is -0.330 e. The number of nitrogens with two attached hydrogens (primary N) is 1. The lowest BCUT2D eigenvalue weighted by Crippen LogP contribution is -2.29. The van der Waals surface area contributed by atoms with Crippen LogP contribution in [0.3, 0.4) is 0 Å². The van der Waals surface area contributed by atoms with E-state index >= 15 is 0 Å². The molecule has 0 aromatic heterocycles.